The van der Waals surface area contributed by atoms with Crippen LogP contribution in [0.15, 0.2) is 29.5 Å². The molecule has 0 bridgehead atoms. The van der Waals surface area contributed by atoms with E-state index in [2.05, 4.69) is 15.4 Å². The molecule has 0 unspecified atom stereocenters. The number of hydrogen-bond acceptors (Lipinski definition) is 4. The maximum atomic E-state index is 12.3. The molecule has 2 rings (SSSR count). The van der Waals surface area contributed by atoms with Crippen LogP contribution in [-0.4, -0.2) is 24.0 Å². The predicted octanol–water partition coefficient (Wildman–Crippen LogP) is 2.53. The van der Waals surface area contributed by atoms with E-state index in [1.54, 1.807) is 25.1 Å². The van der Waals surface area contributed by atoms with Crippen molar-refractivity contribution >= 4 is 52.3 Å². The number of allylic oxidation sites excluding steroid dienone is 1. The average molecular weight is 359 g/mol. The number of halogens is 2. The largest absolute Gasteiger partial charge is 0.463 e. The normalized spacial score (nSPS) is 17.6. The number of nitrogens with one attached hydrogen (secondary N) is 2. The van der Waals surface area contributed by atoms with Crippen LogP contribution in [-0.2, 0) is 14.3 Å². The Morgan fingerprint density at radius 3 is 2.59 bits per heavy atom. The van der Waals surface area contributed by atoms with Crippen LogP contribution in [0.5, 0.6) is 0 Å². The quantitative estimate of drug-likeness (QED) is 0.491. The molecular weight excluding hydrogens is 347 g/mol. The second-order valence-corrected chi connectivity index (χ2v) is 5.81. The van der Waals surface area contributed by atoms with E-state index in [0.29, 0.717) is 26.4 Å². The Bertz CT molecular complexity index is 703. The van der Waals surface area contributed by atoms with Gasteiger partial charge in [-0.3, -0.25) is 4.79 Å². The maximum absolute atomic E-state index is 12.3. The lowest BCUT2D eigenvalue weighted by Gasteiger charge is -2.30. The second kappa shape index (κ2) is 6.64. The minimum absolute atomic E-state index is 0.199. The van der Waals surface area contributed by atoms with E-state index in [-0.39, 0.29) is 5.57 Å². The predicted molar refractivity (Wildman–Crippen MR) is 87.8 cm³/mol. The van der Waals surface area contributed by atoms with Crippen LogP contribution in [0.25, 0.3) is 0 Å². The molecule has 5 nitrogen and oxygen atoms in total. The summed E-state index contributed by atoms with van der Waals surface area (Å²) >= 11 is 17.2. The van der Waals surface area contributed by atoms with Crippen LogP contribution in [0, 0.1) is 0 Å². The molecule has 1 aliphatic rings. The summed E-state index contributed by atoms with van der Waals surface area (Å²) in [6.07, 6.45) is 0. The zero-order chi connectivity index (χ0) is 16.4. The Morgan fingerprint density at radius 1 is 1.32 bits per heavy atom. The average Bonchev–Trinajstić information content (AvgIpc) is 2.45. The van der Waals surface area contributed by atoms with Gasteiger partial charge in [-0.05, 0) is 36.8 Å². The van der Waals surface area contributed by atoms with E-state index in [1.807, 2.05) is 0 Å². The number of carbonyl (C=O) groups excluding carboxylic acids is 2. The molecule has 0 aliphatic carbocycles. The topological polar surface area (TPSA) is 67.4 Å². The highest BCUT2D eigenvalue weighted by atomic mass is 35.5. The van der Waals surface area contributed by atoms with Gasteiger partial charge in [0.2, 0.25) is 0 Å². The minimum Gasteiger partial charge on any atom is -0.463 e. The maximum Gasteiger partial charge on any atom is 0.379 e. The zero-order valence-electron chi connectivity index (χ0n) is 11.7. The number of ketones is 1. The van der Waals surface area contributed by atoms with E-state index in [0.717, 1.165) is 7.11 Å². The molecule has 8 heteroatoms. The fraction of sp³-hybridized carbons (Fsp3) is 0.214. The number of ether oxygens (including phenoxy) is 1. The first-order valence-corrected chi connectivity index (χ1v) is 7.37. The molecule has 1 aromatic carbocycles. The standard InChI is InChI=1S/C14H12Cl2N2O3S/c1-6-10(12(19)13(20)21-2)11(18-14(22)17-6)8-4-3-7(15)5-9(8)16/h3-5,11H,1-2H3,(H2,17,18,22)/t11-/m1/s1. The van der Waals surface area contributed by atoms with Gasteiger partial charge < -0.3 is 15.4 Å². The fourth-order valence-corrected chi connectivity index (χ4v) is 2.95. The van der Waals surface area contributed by atoms with Gasteiger partial charge in [0, 0.05) is 15.7 Å². The number of rotatable bonds is 3. The van der Waals surface area contributed by atoms with Crippen LogP contribution < -0.4 is 10.6 Å². The lowest BCUT2D eigenvalue weighted by atomic mass is 9.92. The van der Waals surface area contributed by atoms with E-state index < -0.39 is 17.8 Å². The monoisotopic (exact) mass is 358 g/mol. The summed E-state index contributed by atoms with van der Waals surface area (Å²) in [4.78, 5) is 23.9. The van der Waals surface area contributed by atoms with Gasteiger partial charge >= 0.3 is 5.97 Å². The summed E-state index contributed by atoms with van der Waals surface area (Å²) in [5.74, 6) is -1.72. The van der Waals surface area contributed by atoms with Crippen molar-refractivity contribution in [2.24, 2.45) is 0 Å². The molecule has 0 saturated heterocycles. The van der Waals surface area contributed by atoms with Crippen molar-refractivity contribution in [2.75, 3.05) is 7.11 Å². The summed E-state index contributed by atoms with van der Waals surface area (Å²) in [7, 11) is 1.15. The smallest absolute Gasteiger partial charge is 0.379 e. The first-order valence-electron chi connectivity index (χ1n) is 6.21. The van der Waals surface area contributed by atoms with Crippen LogP contribution in [0.2, 0.25) is 10.0 Å². The molecule has 0 saturated carbocycles. The number of benzene rings is 1. The van der Waals surface area contributed by atoms with Crippen molar-refractivity contribution in [2.45, 2.75) is 13.0 Å². The van der Waals surface area contributed by atoms with Crippen LogP contribution in [0.1, 0.15) is 18.5 Å². The number of thiocarbonyl (C=S) groups is 1. The van der Waals surface area contributed by atoms with Crippen molar-refractivity contribution in [1.29, 1.82) is 0 Å². The van der Waals surface area contributed by atoms with Gasteiger partial charge in [-0.1, -0.05) is 29.3 Å². The molecule has 0 fully saturated rings. The van der Waals surface area contributed by atoms with Crippen LogP contribution >= 0.6 is 35.4 Å². The molecule has 116 valence electrons. The molecule has 2 N–H and O–H groups in total. The molecule has 1 atom stereocenters. The fourth-order valence-electron chi connectivity index (χ4n) is 2.17. The van der Waals surface area contributed by atoms with Gasteiger partial charge in [0.25, 0.3) is 5.78 Å². The van der Waals surface area contributed by atoms with Gasteiger partial charge in [-0.2, -0.15) is 0 Å². The third kappa shape index (κ3) is 3.24. The van der Waals surface area contributed by atoms with Crippen molar-refractivity contribution in [3.63, 3.8) is 0 Å². The number of esters is 1. The van der Waals surface area contributed by atoms with Crippen molar-refractivity contribution in [3.8, 4) is 0 Å². The molecule has 0 spiro atoms. The Kier molecular flexibility index (Phi) is 5.05. The third-order valence-corrected chi connectivity index (χ3v) is 3.94. The minimum atomic E-state index is -0.958. The van der Waals surface area contributed by atoms with Crippen LogP contribution in [0.4, 0.5) is 0 Å². The van der Waals surface area contributed by atoms with Gasteiger partial charge in [0.15, 0.2) is 5.11 Å². The Morgan fingerprint density at radius 2 is 2.00 bits per heavy atom. The first kappa shape index (κ1) is 16.7. The lowest BCUT2D eigenvalue weighted by Crippen LogP contribution is -2.46. The molecule has 1 heterocycles. The van der Waals surface area contributed by atoms with Crippen LogP contribution in [0.3, 0.4) is 0 Å². The first-order chi connectivity index (χ1) is 10.3. The zero-order valence-corrected chi connectivity index (χ0v) is 14.0. The summed E-state index contributed by atoms with van der Waals surface area (Å²) in [5, 5.41) is 6.91. The Hall–Kier alpha value is -1.63. The highest BCUT2D eigenvalue weighted by molar-refractivity contribution is 7.80. The van der Waals surface area contributed by atoms with Crippen molar-refractivity contribution < 1.29 is 14.3 Å². The molecule has 1 aliphatic heterocycles. The lowest BCUT2D eigenvalue weighted by molar-refractivity contribution is -0.150. The molecule has 22 heavy (non-hydrogen) atoms. The molecule has 0 amide bonds. The van der Waals surface area contributed by atoms with Crippen molar-refractivity contribution in [3.05, 3.63) is 45.1 Å². The summed E-state index contributed by atoms with van der Waals surface area (Å²) < 4.78 is 4.51. The summed E-state index contributed by atoms with van der Waals surface area (Å²) in [5.41, 5.74) is 1.25. The van der Waals surface area contributed by atoms with Gasteiger partial charge in [-0.15, -0.1) is 0 Å². The van der Waals surface area contributed by atoms with Gasteiger partial charge in [-0.25, -0.2) is 4.79 Å². The Balaban J connectivity index is 2.55. The molecule has 1 aromatic rings. The van der Waals surface area contributed by atoms with E-state index >= 15 is 0 Å². The number of carbonyl (C=O) groups is 2. The van der Waals surface area contributed by atoms with E-state index in [9.17, 15) is 9.59 Å². The second-order valence-electron chi connectivity index (χ2n) is 4.56. The summed E-state index contributed by atoms with van der Waals surface area (Å²) in [6, 6.07) is 4.21. The molecule has 0 aromatic heterocycles. The summed E-state index contributed by atoms with van der Waals surface area (Å²) in [6.45, 7) is 1.65. The number of Topliss-reactive ketones (excluding diaryl/α,β-unsaturated/α-hetero) is 1. The van der Waals surface area contributed by atoms with E-state index in [1.165, 1.54) is 0 Å². The molecular formula is C14H12Cl2N2O3S. The third-order valence-electron chi connectivity index (χ3n) is 3.16. The number of methoxy groups -OCH3 is 1. The van der Waals surface area contributed by atoms with Crippen molar-refractivity contribution in [1.82, 2.24) is 10.6 Å². The van der Waals surface area contributed by atoms with E-state index in [4.69, 9.17) is 35.4 Å². The Labute approximate surface area is 142 Å². The highest BCUT2D eigenvalue weighted by Crippen LogP contribution is 2.33. The number of hydrogen-bond donors (Lipinski definition) is 2. The van der Waals surface area contributed by atoms with Gasteiger partial charge in [0.05, 0.1) is 18.7 Å². The highest BCUT2D eigenvalue weighted by Gasteiger charge is 2.34. The molecule has 0 radical (unpaired) electrons. The van der Waals surface area contributed by atoms with Gasteiger partial charge in [0.1, 0.15) is 0 Å². The SMILES string of the molecule is COC(=O)C(=O)C1=C(C)NC(=S)N[C@@H]1c1ccc(Cl)cc1Cl.